The molecule has 0 heterocycles. The highest BCUT2D eigenvalue weighted by Gasteiger charge is 2.20. The summed E-state index contributed by atoms with van der Waals surface area (Å²) in [6.07, 6.45) is -1.14. The second-order valence-corrected chi connectivity index (χ2v) is 9.58. The second kappa shape index (κ2) is 15.4. The van der Waals surface area contributed by atoms with Crippen LogP contribution in [0.4, 0.5) is 0 Å². The number of hydroxylamine groups is 6. The Balaban J connectivity index is 2.32. The van der Waals surface area contributed by atoms with E-state index in [4.69, 9.17) is 5.21 Å². The van der Waals surface area contributed by atoms with E-state index in [2.05, 4.69) is 31.4 Å². The van der Waals surface area contributed by atoms with Gasteiger partial charge in [0.15, 0.2) is 0 Å². The molecule has 6 amide bonds. The molecule has 0 aliphatic heterocycles. The van der Waals surface area contributed by atoms with Crippen LogP contribution in [0.15, 0.2) is 24.3 Å². The molecule has 1 rings (SSSR count). The Kier molecular flexibility index (Phi) is 13.0. The van der Waals surface area contributed by atoms with Gasteiger partial charge in [-0.3, -0.25) is 44.4 Å². The zero-order valence-electron chi connectivity index (χ0n) is 22.4. The third kappa shape index (κ3) is 12.8. The summed E-state index contributed by atoms with van der Waals surface area (Å²) in [5.74, 6) is -5.22. The van der Waals surface area contributed by atoms with E-state index in [0.29, 0.717) is 6.42 Å². The number of hydrogen-bond acceptors (Lipinski definition) is 9. The maximum absolute atomic E-state index is 12.1. The van der Waals surface area contributed by atoms with Crippen LogP contribution in [0.25, 0.3) is 0 Å². The number of amides is 6. The topological polar surface area (TPSA) is 209 Å². The Hall–Kier alpha value is -4.08. The first kappa shape index (κ1) is 32.9. The molecule has 0 aliphatic carbocycles. The Morgan fingerprint density at radius 3 is 1.51 bits per heavy atom. The Morgan fingerprint density at radius 2 is 1.10 bits per heavy atom. The fourth-order valence-corrected chi connectivity index (χ4v) is 2.88. The van der Waals surface area contributed by atoms with Crippen LogP contribution in [-0.4, -0.2) is 86.3 Å². The van der Waals surface area contributed by atoms with Crippen LogP contribution in [-0.2, 0) is 40.6 Å². The first-order chi connectivity index (χ1) is 18.1. The summed E-state index contributed by atoms with van der Waals surface area (Å²) in [4.78, 5) is 70.1. The van der Waals surface area contributed by atoms with Gasteiger partial charge < -0.3 is 16.0 Å². The van der Waals surface area contributed by atoms with Gasteiger partial charge in [-0.2, -0.15) is 0 Å². The summed E-state index contributed by atoms with van der Waals surface area (Å²) in [5, 5.41) is 35.4. The minimum Gasteiger partial charge on any atom is -0.336 e. The highest BCUT2D eigenvalue weighted by atomic mass is 16.5. The van der Waals surface area contributed by atoms with E-state index in [1.165, 1.54) is 0 Å². The minimum atomic E-state index is -1.12. The molecule has 0 aromatic heterocycles. The first-order valence-electron chi connectivity index (χ1n) is 11.9. The minimum absolute atomic E-state index is 0.0112. The predicted molar refractivity (Wildman–Crippen MR) is 133 cm³/mol. The maximum Gasteiger partial charge on any atom is 0.257 e. The molecule has 6 N–H and O–H groups in total. The highest BCUT2D eigenvalue weighted by Crippen LogP contribution is 2.22. The van der Waals surface area contributed by atoms with E-state index >= 15 is 0 Å². The molecule has 0 atom stereocenters. The molecule has 0 unspecified atom stereocenters. The summed E-state index contributed by atoms with van der Waals surface area (Å²) in [7, 11) is 0. The van der Waals surface area contributed by atoms with Crippen molar-refractivity contribution in [2.75, 3.05) is 20.0 Å². The summed E-state index contributed by atoms with van der Waals surface area (Å²) in [5.41, 5.74) is 2.13. The van der Waals surface area contributed by atoms with Gasteiger partial charge in [0.05, 0.1) is 0 Å². The number of carbonyl (C=O) groups excluding carboxylic acids is 6. The van der Waals surface area contributed by atoms with E-state index in [9.17, 15) is 39.2 Å². The van der Waals surface area contributed by atoms with Crippen molar-refractivity contribution in [2.45, 2.75) is 58.8 Å². The maximum atomic E-state index is 12.1. The summed E-state index contributed by atoms with van der Waals surface area (Å²) in [6, 6.07) is 7.87. The van der Waals surface area contributed by atoms with Crippen molar-refractivity contribution in [3.63, 3.8) is 0 Å². The van der Waals surface area contributed by atoms with Gasteiger partial charge in [0.2, 0.25) is 23.6 Å². The number of nitrogens with zero attached hydrogens (tertiary/aromatic N) is 3. The molecule has 1 aromatic carbocycles. The molecule has 0 aliphatic rings. The first-order valence-corrected chi connectivity index (χ1v) is 11.9. The standard InChI is InChI=1S/C24H36N6O9/c1-16(31)28(37)13-26-20(33)11-23(36)30(39)15-27-21(34)12-22(35)29(38)14-25-19(32)10-7-17-5-8-18(9-6-17)24(2,3)4/h5-6,8-9,37-39H,7,10-15H2,1-4H3,(H,25,32)(H,26,33)(H,27,34). The van der Waals surface area contributed by atoms with Crippen LogP contribution >= 0.6 is 0 Å². The van der Waals surface area contributed by atoms with Crippen molar-refractivity contribution in [1.82, 2.24) is 31.1 Å². The third-order valence-corrected chi connectivity index (χ3v) is 5.30. The molecule has 15 nitrogen and oxygen atoms in total. The number of nitrogens with one attached hydrogen (secondary N) is 3. The van der Waals surface area contributed by atoms with Crippen molar-refractivity contribution >= 4 is 35.4 Å². The van der Waals surface area contributed by atoms with Crippen LogP contribution < -0.4 is 16.0 Å². The fraction of sp³-hybridized carbons (Fsp3) is 0.500. The number of carbonyl (C=O) groups is 6. The lowest BCUT2D eigenvalue weighted by Crippen LogP contribution is -2.44. The number of aryl methyl sites for hydroxylation is 1. The molecule has 0 fully saturated rings. The second-order valence-electron chi connectivity index (χ2n) is 9.58. The molecule has 0 spiro atoms. The Labute approximate surface area is 225 Å². The lowest BCUT2D eigenvalue weighted by molar-refractivity contribution is -0.170. The van der Waals surface area contributed by atoms with Gasteiger partial charge in [0.25, 0.3) is 11.8 Å². The Bertz CT molecular complexity index is 1040. The van der Waals surface area contributed by atoms with E-state index in [0.717, 1.165) is 18.1 Å². The number of benzene rings is 1. The van der Waals surface area contributed by atoms with Gasteiger partial charge >= 0.3 is 0 Å². The molecule has 15 heteroatoms. The largest absolute Gasteiger partial charge is 0.336 e. The van der Waals surface area contributed by atoms with Crippen molar-refractivity contribution < 1.29 is 44.4 Å². The Morgan fingerprint density at radius 1 is 0.692 bits per heavy atom. The van der Waals surface area contributed by atoms with Crippen molar-refractivity contribution in [1.29, 1.82) is 0 Å². The average molecular weight is 553 g/mol. The van der Waals surface area contributed by atoms with Crippen LogP contribution in [0.2, 0.25) is 0 Å². The van der Waals surface area contributed by atoms with Crippen LogP contribution in [0, 0.1) is 0 Å². The van der Waals surface area contributed by atoms with Gasteiger partial charge in [-0.15, -0.1) is 0 Å². The van der Waals surface area contributed by atoms with E-state index < -0.39 is 68.3 Å². The van der Waals surface area contributed by atoms with Crippen LogP contribution in [0.5, 0.6) is 0 Å². The smallest absolute Gasteiger partial charge is 0.257 e. The normalized spacial score (nSPS) is 10.7. The SMILES string of the molecule is CC(=O)N(O)CNC(=O)CC(=O)N(O)CNC(=O)CC(=O)N(O)CNC(=O)CCc1ccc(C(C)(C)C)cc1. The van der Waals surface area contributed by atoms with Gasteiger partial charge in [-0.1, -0.05) is 45.0 Å². The molecular weight excluding hydrogens is 516 g/mol. The third-order valence-electron chi connectivity index (χ3n) is 5.30. The lowest BCUT2D eigenvalue weighted by atomic mass is 9.86. The molecule has 1 aromatic rings. The predicted octanol–water partition coefficient (Wildman–Crippen LogP) is -0.409. The van der Waals surface area contributed by atoms with Gasteiger partial charge in [0, 0.05) is 13.3 Å². The van der Waals surface area contributed by atoms with Crippen molar-refractivity contribution in [3.05, 3.63) is 35.4 Å². The van der Waals surface area contributed by atoms with Gasteiger partial charge in [0.1, 0.15) is 32.8 Å². The summed E-state index contributed by atoms with van der Waals surface area (Å²) in [6.45, 7) is 5.44. The molecule has 39 heavy (non-hydrogen) atoms. The summed E-state index contributed by atoms with van der Waals surface area (Å²) < 4.78 is 0. The molecule has 0 bridgehead atoms. The number of hydrogen-bond donors (Lipinski definition) is 6. The summed E-state index contributed by atoms with van der Waals surface area (Å²) >= 11 is 0. The average Bonchev–Trinajstić information content (AvgIpc) is 2.87. The van der Waals surface area contributed by atoms with Crippen molar-refractivity contribution in [2.24, 2.45) is 0 Å². The van der Waals surface area contributed by atoms with Crippen LogP contribution in [0.3, 0.4) is 0 Å². The number of rotatable bonds is 13. The molecular formula is C24H36N6O9. The van der Waals surface area contributed by atoms with Gasteiger partial charge in [-0.05, 0) is 23.0 Å². The lowest BCUT2D eigenvalue weighted by Gasteiger charge is -2.19. The van der Waals surface area contributed by atoms with E-state index in [1.807, 2.05) is 29.6 Å². The molecule has 0 saturated heterocycles. The fourth-order valence-electron chi connectivity index (χ4n) is 2.88. The zero-order valence-corrected chi connectivity index (χ0v) is 22.4. The quantitative estimate of drug-likeness (QED) is 0.0812. The van der Waals surface area contributed by atoms with Gasteiger partial charge in [-0.25, -0.2) is 15.2 Å². The van der Waals surface area contributed by atoms with E-state index in [1.54, 1.807) is 0 Å². The molecule has 216 valence electrons. The van der Waals surface area contributed by atoms with Crippen LogP contribution in [0.1, 0.15) is 58.1 Å². The molecule has 0 saturated carbocycles. The zero-order chi connectivity index (χ0) is 29.8. The highest BCUT2D eigenvalue weighted by molar-refractivity contribution is 5.98. The van der Waals surface area contributed by atoms with E-state index in [-0.39, 0.29) is 27.0 Å². The molecule has 0 radical (unpaired) electrons. The van der Waals surface area contributed by atoms with Crippen molar-refractivity contribution in [3.8, 4) is 0 Å². The monoisotopic (exact) mass is 552 g/mol.